The second-order valence-electron chi connectivity index (χ2n) is 8.87. The number of imide groups is 1. The molecule has 33 heavy (non-hydrogen) atoms. The van der Waals surface area contributed by atoms with Crippen molar-refractivity contribution in [2.75, 3.05) is 38.7 Å². The summed E-state index contributed by atoms with van der Waals surface area (Å²) in [6, 6.07) is 7.95. The quantitative estimate of drug-likeness (QED) is 0.645. The van der Waals surface area contributed by atoms with Gasteiger partial charge in [-0.15, -0.1) is 0 Å². The Balaban J connectivity index is 1.79. The van der Waals surface area contributed by atoms with E-state index in [-0.39, 0.29) is 11.8 Å². The molecule has 2 aromatic rings. The molecule has 3 aliphatic rings. The number of aromatic nitrogens is 2. The third-order valence-electron chi connectivity index (χ3n) is 7.19. The van der Waals surface area contributed by atoms with Crippen molar-refractivity contribution in [2.24, 2.45) is 25.9 Å². The fourth-order valence-electron chi connectivity index (χ4n) is 5.56. The van der Waals surface area contributed by atoms with Crippen LogP contribution in [-0.4, -0.2) is 64.1 Å². The molecule has 2 aliphatic heterocycles. The van der Waals surface area contributed by atoms with Gasteiger partial charge in [0.2, 0.25) is 11.8 Å². The van der Waals surface area contributed by atoms with E-state index in [0.29, 0.717) is 37.6 Å². The summed E-state index contributed by atoms with van der Waals surface area (Å²) in [6.45, 7) is 2.04. The number of nitrogens with zero attached hydrogens (tertiary/aromatic N) is 4. The average Bonchev–Trinajstić information content (AvgIpc) is 3.06. The van der Waals surface area contributed by atoms with Crippen molar-refractivity contribution in [1.82, 2.24) is 18.9 Å². The first-order valence-corrected chi connectivity index (χ1v) is 11.1. The zero-order valence-electron chi connectivity index (χ0n) is 18.9. The number of hydrogen-bond acceptors (Lipinski definition) is 7. The average molecular weight is 453 g/mol. The van der Waals surface area contributed by atoms with Crippen LogP contribution in [0, 0.1) is 11.8 Å². The lowest BCUT2D eigenvalue weighted by Crippen LogP contribution is -2.54. The molecule has 174 valence electrons. The smallest absolute Gasteiger partial charge is 0.330 e. The summed E-state index contributed by atoms with van der Waals surface area (Å²) in [5.74, 6) is -2.10. The Morgan fingerprint density at radius 1 is 0.879 bits per heavy atom. The number of carbonyl (C=O) groups excluding carboxylic acids is 2. The molecule has 2 amide bonds. The second-order valence-corrected chi connectivity index (χ2v) is 8.87. The molecule has 0 bridgehead atoms. The van der Waals surface area contributed by atoms with Crippen LogP contribution in [-0.2, 0) is 28.4 Å². The van der Waals surface area contributed by atoms with Crippen molar-refractivity contribution in [1.29, 1.82) is 0 Å². The lowest BCUT2D eigenvalue weighted by atomic mass is 9.71. The number of benzene rings is 1. The highest BCUT2D eigenvalue weighted by Gasteiger charge is 2.59. The molecule has 2 saturated heterocycles. The van der Waals surface area contributed by atoms with E-state index in [0.717, 1.165) is 15.2 Å². The van der Waals surface area contributed by atoms with Gasteiger partial charge in [-0.2, -0.15) is 0 Å². The van der Waals surface area contributed by atoms with E-state index in [9.17, 15) is 19.2 Å². The Kier molecular flexibility index (Phi) is 5.21. The van der Waals surface area contributed by atoms with Crippen LogP contribution < -0.4 is 16.6 Å². The first-order valence-electron chi connectivity index (χ1n) is 11.1. The van der Waals surface area contributed by atoms with E-state index in [1.807, 2.05) is 30.3 Å². The van der Waals surface area contributed by atoms with Crippen LogP contribution >= 0.6 is 0 Å². The largest absolute Gasteiger partial charge is 0.379 e. The van der Waals surface area contributed by atoms with Gasteiger partial charge < -0.3 is 10.1 Å². The van der Waals surface area contributed by atoms with Crippen LogP contribution in [0.1, 0.15) is 23.3 Å². The SMILES string of the molecule is CN1C(=O)[C@@H]2[C@H](C1=O)[C@@H](N1CCOCC1)c1c(c(=O)n(C)c(=O)n1C)[C@@H]2Nc1ccccc1. The van der Waals surface area contributed by atoms with E-state index >= 15 is 0 Å². The molecule has 0 radical (unpaired) electrons. The number of anilines is 1. The minimum absolute atomic E-state index is 0.292. The number of hydrogen-bond donors (Lipinski definition) is 1. The maximum atomic E-state index is 13.5. The molecule has 2 fully saturated rings. The van der Waals surface area contributed by atoms with Gasteiger partial charge in [0.05, 0.1) is 48.4 Å². The van der Waals surface area contributed by atoms with Gasteiger partial charge >= 0.3 is 5.69 Å². The van der Waals surface area contributed by atoms with E-state index < -0.39 is 35.2 Å². The Labute approximate surface area is 190 Å². The van der Waals surface area contributed by atoms with Gasteiger partial charge in [-0.25, -0.2) is 4.79 Å². The number of carbonyl (C=O) groups is 2. The number of rotatable bonds is 3. The highest BCUT2D eigenvalue weighted by molar-refractivity contribution is 6.06. The number of ether oxygens (including phenoxy) is 1. The molecule has 0 unspecified atom stereocenters. The van der Waals surface area contributed by atoms with Crippen LogP contribution in [0.25, 0.3) is 0 Å². The maximum absolute atomic E-state index is 13.5. The van der Waals surface area contributed by atoms with E-state index in [2.05, 4.69) is 10.2 Å². The van der Waals surface area contributed by atoms with Crippen molar-refractivity contribution in [3.63, 3.8) is 0 Å². The first-order chi connectivity index (χ1) is 15.8. The van der Waals surface area contributed by atoms with Crippen LogP contribution in [0.5, 0.6) is 0 Å². The summed E-state index contributed by atoms with van der Waals surface area (Å²) in [7, 11) is 4.55. The number of likely N-dealkylation sites (tertiary alicyclic amines) is 1. The molecular weight excluding hydrogens is 426 g/mol. The fourth-order valence-corrected chi connectivity index (χ4v) is 5.56. The van der Waals surface area contributed by atoms with Crippen LogP contribution in [0.3, 0.4) is 0 Å². The molecule has 0 saturated carbocycles. The minimum Gasteiger partial charge on any atom is -0.379 e. The molecule has 1 aliphatic carbocycles. The van der Waals surface area contributed by atoms with Gasteiger partial charge in [0.25, 0.3) is 5.56 Å². The third kappa shape index (κ3) is 3.16. The molecule has 1 N–H and O–H groups in total. The van der Waals surface area contributed by atoms with E-state index in [1.54, 1.807) is 7.05 Å². The summed E-state index contributed by atoms with van der Waals surface area (Å²) < 4.78 is 8.04. The van der Waals surface area contributed by atoms with Crippen LogP contribution in [0.4, 0.5) is 5.69 Å². The van der Waals surface area contributed by atoms with E-state index in [4.69, 9.17) is 4.74 Å². The molecule has 5 rings (SSSR count). The van der Waals surface area contributed by atoms with Crippen molar-refractivity contribution < 1.29 is 14.3 Å². The fraction of sp³-hybridized carbons (Fsp3) is 0.478. The highest BCUT2D eigenvalue weighted by Crippen LogP contribution is 2.50. The van der Waals surface area contributed by atoms with Crippen molar-refractivity contribution in [3.05, 3.63) is 62.4 Å². The van der Waals surface area contributed by atoms with Crippen LogP contribution in [0.2, 0.25) is 0 Å². The lowest BCUT2D eigenvalue weighted by Gasteiger charge is -2.45. The molecular formula is C23H27N5O5. The molecule has 4 atom stereocenters. The summed E-state index contributed by atoms with van der Waals surface area (Å²) in [5, 5.41) is 3.35. The predicted octanol–water partition coefficient (Wildman–Crippen LogP) is -0.145. The van der Waals surface area contributed by atoms with Gasteiger partial charge in [0, 0.05) is 39.9 Å². The monoisotopic (exact) mass is 453 g/mol. The van der Waals surface area contributed by atoms with Gasteiger partial charge in [0.1, 0.15) is 0 Å². The standard InChI is InChI=1S/C23H27N5O5/c1-25-18-16(22(31)27(3)23(25)32)17(24-13-7-5-4-6-8-13)14-15(21(30)26(2)20(14)29)19(18)28-9-11-33-12-10-28/h4-8,14-15,17,19,24H,9-12H2,1-3H3/t14-,15+,17-,19-/m1/s1. The Bertz CT molecular complexity index is 1230. The van der Waals surface area contributed by atoms with Gasteiger partial charge in [0.15, 0.2) is 0 Å². The first kappa shape index (κ1) is 21.6. The normalized spacial score (nSPS) is 27.4. The lowest BCUT2D eigenvalue weighted by molar-refractivity contribution is -0.138. The molecule has 10 heteroatoms. The number of fused-ring (bicyclic) bond motifs is 2. The summed E-state index contributed by atoms with van der Waals surface area (Å²) >= 11 is 0. The predicted molar refractivity (Wildman–Crippen MR) is 120 cm³/mol. The van der Waals surface area contributed by atoms with E-state index in [1.165, 1.54) is 18.7 Å². The molecule has 1 aromatic carbocycles. The summed E-state index contributed by atoms with van der Waals surface area (Å²) in [6.07, 6.45) is 0. The maximum Gasteiger partial charge on any atom is 0.330 e. The minimum atomic E-state index is -0.770. The number of amides is 2. The van der Waals surface area contributed by atoms with Crippen molar-refractivity contribution in [3.8, 4) is 0 Å². The molecule has 10 nitrogen and oxygen atoms in total. The molecule has 1 aromatic heterocycles. The van der Waals surface area contributed by atoms with Gasteiger partial charge in [-0.05, 0) is 12.1 Å². The Morgan fingerprint density at radius 3 is 2.18 bits per heavy atom. The van der Waals surface area contributed by atoms with Gasteiger partial charge in [-0.3, -0.25) is 33.3 Å². The number of morpholine rings is 1. The zero-order valence-corrected chi connectivity index (χ0v) is 18.9. The Morgan fingerprint density at radius 2 is 1.52 bits per heavy atom. The number of nitrogens with one attached hydrogen (secondary N) is 1. The topological polar surface area (TPSA) is 106 Å². The molecule has 0 spiro atoms. The highest BCUT2D eigenvalue weighted by atomic mass is 16.5. The third-order valence-corrected chi connectivity index (χ3v) is 7.19. The van der Waals surface area contributed by atoms with Crippen molar-refractivity contribution in [2.45, 2.75) is 12.1 Å². The van der Waals surface area contributed by atoms with Crippen molar-refractivity contribution >= 4 is 17.5 Å². The molecule has 3 heterocycles. The second kappa shape index (κ2) is 7.96. The zero-order chi connectivity index (χ0) is 23.4. The van der Waals surface area contributed by atoms with Gasteiger partial charge in [-0.1, -0.05) is 18.2 Å². The van der Waals surface area contributed by atoms with Crippen LogP contribution in [0.15, 0.2) is 39.9 Å². The summed E-state index contributed by atoms with van der Waals surface area (Å²) in [5.41, 5.74) is 0.670. The summed E-state index contributed by atoms with van der Waals surface area (Å²) in [4.78, 5) is 56.5. The number of para-hydroxylation sites is 1. The Hall–Kier alpha value is -3.24.